The second kappa shape index (κ2) is 5.28. The van der Waals surface area contributed by atoms with Crippen molar-refractivity contribution in [3.05, 3.63) is 23.8 Å². The molecule has 0 heterocycles. The van der Waals surface area contributed by atoms with Crippen LogP contribution in [0.1, 0.15) is 18.1 Å². The Bertz CT molecular complexity index is 366. The topological polar surface area (TPSA) is 38.7 Å². The van der Waals surface area contributed by atoms with Crippen LogP contribution in [0.4, 0.5) is 0 Å². The van der Waals surface area contributed by atoms with Crippen molar-refractivity contribution >= 4 is 0 Å². The van der Waals surface area contributed by atoms with Gasteiger partial charge in [0.05, 0.1) is 20.3 Å². The number of hydrogen-bond acceptors (Lipinski definition) is 3. The third kappa shape index (κ3) is 2.64. The van der Waals surface area contributed by atoms with Crippen LogP contribution in [0.3, 0.4) is 0 Å². The van der Waals surface area contributed by atoms with E-state index in [1.165, 1.54) is 0 Å². The molecule has 0 aromatic heterocycles. The number of benzene rings is 1. The summed E-state index contributed by atoms with van der Waals surface area (Å²) in [6, 6.07) is 5.24. The van der Waals surface area contributed by atoms with Crippen molar-refractivity contribution in [2.75, 3.05) is 14.2 Å². The minimum atomic E-state index is -0.722. The first-order valence-electron chi connectivity index (χ1n) is 4.56. The molecule has 3 nitrogen and oxygen atoms in total. The summed E-state index contributed by atoms with van der Waals surface area (Å²) >= 11 is 0. The smallest absolute Gasteiger partial charge is 0.124 e. The first-order chi connectivity index (χ1) is 7.22. The lowest BCUT2D eigenvalue weighted by atomic mass is 10.1. The predicted molar refractivity (Wildman–Crippen MR) is 58.0 cm³/mol. The van der Waals surface area contributed by atoms with E-state index < -0.39 is 6.10 Å². The molecular formula is C12H14O3. The summed E-state index contributed by atoms with van der Waals surface area (Å²) in [5.41, 5.74) is 0.648. The average molecular weight is 206 g/mol. The zero-order chi connectivity index (χ0) is 11.3. The Balaban J connectivity index is 3.06. The van der Waals surface area contributed by atoms with E-state index >= 15 is 0 Å². The molecule has 0 spiro atoms. The van der Waals surface area contributed by atoms with Gasteiger partial charge in [0.2, 0.25) is 0 Å². The highest BCUT2D eigenvalue weighted by Crippen LogP contribution is 2.30. The number of ether oxygens (including phenoxy) is 2. The van der Waals surface area contributed by atoms with E-state index in [-0.39, 0.29) is 6.42 Å². The summed E-state index contributed by atoms with van der Waals surface area (Å²) < 4.78 is 10.2. The maximum Gasteiger partial charge on any atom is 0.124 e. The van der Waals surface area contributed by atoms with Crippen LogP contribution in [-0.2, 0) is 0 Å². The summed E-state index contributed by atoms with van der Waals surface area (Å²) in [5, 5.41) is 9.77. The van der Waals surface area contributed by atoms with Crippen LogP contribution >= 0.6 is 0 Å². The number of terminal acetylenes is 1. The molecule has 0 amide bonds. The molecule has 0 aliphatic heterocycles. The third-order valence-electron chi connectivity index (χ3n) is 2.11. The SMILES string of the molecule is C#CCC(O)c1cc(OC)ccc1OC. The van der Waals surface area contributed by atoms with Gasteiger partial charge in [-0.05, 0) is 18.2 Å². The zero-order valence-electron chi connectivity index (χ0n) is 8.86. The second-order valence-corrected chi connectivity index (χ2v) is 3.03. The van der Waals surface area contributed by atoms with Gasteiger partial charge in [0.1, 0.15) is 11.5 Å². The van der Waals surface area contributed by atoms with Gasteiger partial charge in [-0.1, -0.05) is 0 Å². The third-order valence-corrected chi connectivity index (χ3v) is 2.11. The highest BCUT2D eigenvalue weighted by atomic mass is 16.5. The molecule has 1 unspecified atom stereocenters. The van der Waals surface area contributed by atoms with E-state index in [0.717, 1.165) is 0 Å². The lowest BCUT2D eigenvalue weighted by Gasteiger charge is -2.13. The molecule has 15 heavy (non-hydrogen) atoms. The summed E-state index contributed by atoms with van der Waals surface area (Å²) in [6.07, 6.45) is 4.68. The Labute approximate surface area is 89.6 Å². The van der Waals surface area contributed by atoms with Crippen LogP contribution in [0, 0.1) is 12.3 Å². The highest BCUT2D eigenvalue weighted by molar-refractivity contribution is 5.41. The number of rotatable bonds is 4. The van der Waals surface area contributed by atoms with E-state index in [2.05, 4.69) is 5.92 Å². The summed E-state index contributed by atoms with van der Waals surface area (Å²) in [6.45, 7) is 0. The molecule has 0 saturated carbocycles. The molecule has 0 radical (unpaired) electrons. The van der Waals surface area contributed by atoms with E-state index in [0.29, 0.717) is 17.1 Å². The van der Waals surface area contributed by atoms with Crippen LogP contribution < -0.4 is 9.47 Å². The maximum atomic E-state index is 9.77. The Hall–Kier alpha value is -1.66. The van der Waals surface area contributed by atoms with E-state index in [1.54, 1.807) is 32.4 Å². The van der Waals surface area contributed by atoms with Crippen molar-refractivity contribution in [3.63, 3.8) is 0 Å². The molecule has 1 aromatic rings. The van der Waals surface area contributed by atoms with Crippen molar-refractivity contribution in [3.8, 4) is 23.8 Å². The Morgan fingerprint density at radius 2 is 2.13 bits per heavy atom. The van der Waals surface area contributed by atoms with Crippen LogP contribution in [0.25, 0.3) is 0 Å². The molecule has 0 fully saturated rings. The fourth-order valence-corrected chi connectivity index (χ4v) is 1.32. The monoisotopic (exact) mass is 206 g/mol. The van der Waals surface area contributed by atoms with Crippen LogP contribution in [0.15, 0.2) is 18.2 Å². The van der Waals surface area contributed by atoms with Gasteiger partial charge in [0.15, 0.2) is 0 Å². The lowest BCUT2D eigenvalue weighted by Crippen LogP contribution is -2.00. The van der Waals surface area contributed by atoms with Gasteiger partial charge in [-0.15, -0.1) is 12.3 Å². The second-order valence-electron chi connectivity index (χ2n) is 3.03. The molecule has 1 rings (SSSR count). The van der Waals surface area contributed by atoms with Crippen LogP contribution in [0.5, 0.6) is 11.5 Å². The van der Waals surface area contributed by atoms with Crippen molar-refractivity contribution < 1.29 is 14.6 Å². The molecule has 1 aromatic carbocycles. The molecule has 80 valence electrons. The minimum absolute atomic E-state index is 0.253. The van der Waals surface area contributed by atoms with E-state index in [1.807, 2.05) is 0 Å². The van der Waals surface area contributed by atoms with E-state index in [4.69, 9.17) is 15.9 Å². The zero-order valence-corrected chi connectivity index (χ0v) is 8.86. The first kappa shape index (κ1) is 11.4. The van der Waals surface area contributed by atoms with Crippen molar-refractivity contribution in [1.29, 1.82) is 0 Å². The molecule has 3 heteroatoms. The Morgan fingerprint density at radius 3 is 2.67 bits per heavy atom. The van der Waals surface area contributed by atoms with Gasteiger partial charge in [0.25, 0.3) is 0 Å². The van der Waals surface area contributed by atoms with Gasteiger partial charge >= 0.3 is 0 Å². The van der Waals surface area contributed by atoms with Gasteiger partial charge in [-0.2, -0.15) is 0 Å². The minimum Gasteiger partial charge on any atom is -0.497 e. The largest absolute Gasteiger partial charge is 0.497 e. The molecule has 1 atom stereocenters. The van der Waals surface area contributed by atoms with Gasteiger partial charge in [-0.25, -0.2) is 0 Å². The van der Waals surface area contributed by atoms with Crippen LogP contribution in [0.2, 0.25) is 0 Å². The molecule has 0 aliphatic rings. The molecule has 0 aliphatic carbocycles. The highest BCUT2D eigenvalue weighted by Gasteiger charge is 2.13. The summed E-state index contributed by atoms with van der Waals surface area (Å²) in [4.78, 5) is 0. The van der Waals surface area contributed by atoms with E-state index in [9.17, 15) is 5.11 Å². The summed E-state index contributed by atoms with van der Waals surface area (Å²) in [7, 11) is 3.12. The quantitative estimate of drug-likeness (QED) is 0.763. The van der Waals surface area contributed by atoms with Gasteiger partial charge < -0.3 is 14.6 Å². The molecule has 0 saturated heterocycles. The molecular weight excluding hydrogens is 192 g/mol. The number of hydrogen-bond donors (Lipinski definition) is 1. The van der Waals surface area contributed by atoms with Crippen LogP contribution in [-0.4, -0.2) is 19.3 Å². The Kier molecular flexibility index (Phi) is 4.02. The van der Waals surface area contributed by atoms with Crippen molar-refractivity contribution in [1.82, 2.24) is 0 Å². The Morgan fingerprint density at radius 1 is 1.40 bits per heavy atom. The lowest BCUT2D eigenvalue weighted by molar-refractivity contribution is 0.179. The number of methoxy groups -OCH3 is 2. The normalized spacial score (nSPS) is 11.6. The predicted octanol–water partition coefficient (Wildman–Crippen LogP) is 1.76. The summed E-state index contributed by atoms with van der Waals surface area (Å²) in [5.74, 6) is 3.69. The van der Waals surface area contributed by atoms with Crippen molar-refractivity contribution in [2.45, 2.75) is 12.5 Å². The molecule has 0 bridgehead atoms. The number of aliphatic hydroxyl groups excluding tert-OH is 1. The fraction of sp³-hybridized carbons (Fsp3) is 0.333. The van der Waals surface area contributed by atoms with Gasteiger partial charge in [0, 0.05) is 12.0 Å². The number of aliphatic hydroxyl groups is 1. The standard InChI is InChI=1S/C12H14O3/c1-4-5-11(13)10-8-9(14-2)6-7-12(10)15-3/h1,6-8,11,13H,5H2,2-3H3. The van der Waals surface area contributed by atoms with Gasteiger partial charge in [-0.3, -0.25) is 0 Å². The maximum absolute atomic E-state index is 9.77. The molecule has 1 N–H and O–H groups in total. The average Bonchev–Trinajstić information content (AvgIpc) is 2.28. The van der Waals surface area contributed by atoms with Crippen molar-refractivity contribution in [2.24, 2.45) is 0 Å². The first-order valence-corrected chi connectivity index (χ1v) is 4.56. The fourth-order valence-electron chi connectivity index (χ4n) is 1.32.